The van der Waals surface area contributed by atoms with Gasteiger partial charge in [-0.2, -0.15) is 0 Å². The van der Waals surface area contributed by atoms with E-state index < -0.39 is 8.25 Å². The van der Waals surface area contributed by atoms with Crippen molar-refractivity contribution in [3.63, 3.8) is 0 Å². The summed E-state index contributed by atoms with van der Waals surface area (Å²) in [6.45, 7) is 0. The molecule has 0 amide bonds. The summed E-state index contributed by atoms with van der Waals surface area (Å²) in [6, 6.07) is 0. The second kappa shape index (κ2) is 6.87. The van der Waals surface area contributed by atoms with Crippen LogP contribution < -0.4 is 0 Å². The van der Waals surface area contributed by atoms with E-state index in [9.17, 15) is 0 Å². The summed E-state index contributed by atoms with van der Waals surface area (Å²) < 4.78 is 8.70. The number of allylic oxidation sites excluding steroid dienone is 2. The Kier molecular flexibility index (Phi) is 6.71. The molecule has 0 radical (unpaired) electrons. The molecule has 0 spiro atoms. The summed E-state index contributed by atoms with van der Waals surface area (Å²) in [4.78, 5) is 14.2. The molecule has 0 heterocycles. The first kappa shape index (κ1) is 9.76. The maximum absolute atomic E-state index is 8.70. The van der Waals surface area contributed by atoms with Crippen molar-refractivity contribution in [2.75, 3.05) is 0 Å². The molecule has 0 aromatic heterocycles. The molecule has 0 unspecified atom stereocenters. The van der Waals surface area contributed by atoms with Crippen LogP contribution in [0, 0.1) is 0 Å². The topological polar surface area (TPSA) is 57.5 Å². The molecule has 10 heavy (non-hydrogen) atoms. The summed E-state index contributed by atoms with van der Waals surface area (Å²) in [5.74, 6) is 0. The minimum atomic E-state index is -2.87. The van der Waals surface area contributed by atoms with Crippen LogP contribution in [0.4, 0.5) is 0 Å². The summed E-state index contributed by atoms with van der Waals surface area (Å²) in [6.07, 6.45) is 10.0. The van der Waals surface area contributed by atoms with Crippen molar-refractivity contribution in [1.29, 1.82) is 0 Å². The van der Waals surface area contributed by atoms with E-state index in [0.29, 0.717) is 0 Å². The maximum Gasteiger partial charge on any atom is 0.692 e. The highest BCUT2D eigenvalue weighted by molar-refractivity contribution is 7.30. The predicted octanol–water partition coefficient (Wildman–Crippen LogP) is 1.75. The van der Waals surface area contributed by atoms with Crippen LogP contribution in [-0.4, -0.2) is 9.79 Å². The van der Waals surface area contributed by atoms with Crippen LogP contribution in [0.3, 0.4) is 0 Å². The van der Waals surface area contributed by atoms with Crippen molar-refractivity contribution in [2.45, 2.75) is 25.7 Å². The van der Waals surface area contributed by atoms with Crippen LogP contribution in [0.15, 0.2) is 12.2 Å². The van der Waals surface area contributed by atoms with Crippen molar-refractivity contribution < 1.29 is 14.4 Å². The van der Waals surface area contributed by atoms with Gasteiger partial charge in [-0.05, 0) is 25.7 Å². The fourth-order valence-electron chi connectivity index (χ4n) is 0.760. The molecule has 0 aromatic carbocycles. The lowest BCUT2D eigenvalue weighted by Crippen LogP contribution is -1.77. The van der Waals surface area contributed by atoms with Crippen LogP contribution in [-0.2, 0) is 4.57 Å². The third-order valence-corrected chi connectivity index (χ3v) is 1.16. The lowest BCUT2D eigenvalue weighted by Gasteiger charge is -1.97. The van der Waals surface area contributed by atoms with Crippen molar-refractivity contribution in [2.24, 2.45) is 0 Å². The molecule has 1 aliphatic rings. The Balaban J connectivity index is 0.000000180. The van der Waals surface area contributed by atoms with Crippen molar-refractivity contribution in [3.8, 4) is 0 Å². The van der Waals surface area contributed by atoms with Gasteiger partial charge in [0.2, 0.25) is 0 Å². The molecule has 1 rings (SSSR count). The van der Waals surface area contributed by atoms with E-state index in [2.05, 4.69) is 12.2 Å². The van der Waals surface area contributed by atoms with E-state index in [4.69, 9.17) is 14.4 Å². The Bertz CT molecular complexity index is 110. The fraction of sp³-hybridized carbons (Fsp3) is 0.667. The Labute approximate surface area is 61.3 Å². The zero-order valence-corrected chi connectivity index (χ0v) is 6.63. The van der Waals surface area contributed by atoms with E-state index >= 15 is 0 Å². The lowest BCUT2D eigenvalue weighted by molar-refractivity contribution is 0.405. The Morgan fingerprint density at radius 3 is 1.50 bits per heavy atom. The molecule has 0 atom stereocenters. The fourth-order valence-corrected chi connectivity index (χ4v) is 0.760. The summed E-state index contributed by atoms with van der Waals surface area (Å²) in [7, 11) is -2.87. The highest BCUT2D eigenvalue weighted by atomic mass is 31.1. The van der Waals surface area contributed by atoms with E-state index in [1.165, 1.54) is 25.7 Å². The minimum Gasteiger partial charge on any atom is -0.134 e. The molecule has 3 nitrogen and oxygen atoms in total. The van der Waals surface area contributed by atoms with Crippen molar-refractivity contribution in [1.82, 2.24) is 0 Å². The van der Waals surface area contributed by atoms with Gasteiger partial charge < -0.3 is 0 Å². The van der Waals surface area contributed by atoms with Gasteiger partial charge in [0, 0.05) is 4.57 Å². The minimum absolute atomic E-state index is 1.32. The van der Waals surface area contributed by atoms with Crippen molar-refractivity contribution in [3.05, 3.63) is 12.2 Å². The predicted molar refractivity (Wildman–Crippen MR) is 39.7 cm³/mol. The molecule has 4 heteroatoms. The third-order valence-electron chi connectivity index (χ3n) is 1.16. The molecule has 58 valence electrons. The zero-order valence-electron chi connectivity index (χ0n) is 5.73. The van der Waals surface area contributed by atoms with E-state index in [1.54, 1.807) is 0 Å². The Hall–Kier alpha value is -0.240. The summed E-state index contributed by atoms with van der Waals surface area (Å²) in [5.41, 5.74) is 0. The van der Waals surface area contributed by atoms with Crippen LogP contribution in [0.1, 0.15) is 25.7 Å². The van der Waals surface area contributed by atoms with E-state index in [0.717, 1.165) is 0 Å². The number of hydrogen-bond acceptors (Lipinski definition) is 1. The van der Waals surface area contributed by atoms with Gasteiger partial charge in [0.15, 0.2) is 0 Å². The van der Waals surface area contributed by atoms with Crippen LogP contribution in [0.25, 0.3) is 0 Å². The largest absolute Gasteiger partial charge is 0.692 e. The SMILES string of the molecule is C1=CCCCC1.O=[P+](O)O. The molecule has 0 fully saturated rings. The van der Waals surface area contributed by atoms with Gasteiger partial charge in [0.1, 0.15) is 0 Å². The average molecular weight is 163 g/mol. The Morgan fingerprint density at radius 1 is 1.10 bits per heavy atom. The molecule has 1 aliphatic carbocycles. The molecule has 0 aliphatic heterocycles. The average Bonchev–Trinajstić information content (AvgIpc) is 1.90. The summed E-state index contributed by atoms with van der Waals surface area (Å²) >= 11 is 0. The molecule has 0 saturated heterocycles. The summed E-state index contributed by atoms with van der Waals surface area (Å²) in [5, 5.41) is 0. The smallest absolute Gasteiger partial charge is 0.134 e. The molecule has 0 saturated carbocycles. The first-order chi connectivity index (χ1) is 4.73. The van der Waals surface area contributed by atoms with Crippen LogP contribution in [0.2, 0.25) is 0 Å². The number of hydrogen-bond donors (Lipinski definition) is 2. The normalized spacial score (nSPS) is 15.4. The van der Waals surface area contributed by atoms with Crippen molar-refractivity contribution >= 4 is 8.25 Å². The molecule has 0 aromatic rings. The maximum atomic E-state index is 8.70. The zero-order chi connectivity index (χ0) is 7.82. The standard InChI is InChI=1S/C6H10.HO3P/c1-2-4-6-5-3-1;1-4(2)3/h1-2H,3-6H2;(H-,1,2,3)/p+1. The highest BCUT2D eigenvalue weighted by Crippen LogP contribution is 2.07. The van der Waals surface area contributed by atoms with Crippen LogP contribution >= 0.6 is 8.25 Å². The Morgan fingerprint density at radius 2 is 1.40 bits per heavy atom. The lowest BCUT2D eigenvalue weighted by atomic mass is 10.1. The highest BCUT2D eigenvalue weighted by Gasteiger charge is 1.93. The first-order valence-electron chi connectivity index (χ1n) is 3.23. The molecule has 0 bridgehead atoms. The van der Waals surface area contributed by atoms with Gasteiger partial charge in [-0.25, -0.2) is 0 Å². The van der Waals surface area contributed by atoms with E-state index in [-0.39, 0.29) is 0 Å². The molecular formula is C6H12O3P+. The first-order valence-corrected chi connectivity index (χ1v) is 4.40. The molecule has 2 N–H and O–H groups in total. The van der Waals surface area contributed by atoms with Gasteiger partial charge in [0.05, 0.1) is 0 Å². The van der Waals surface area contributed by atoms with Gasteiger partial charge >= 0.3 is 8.25 Å². The second-order valence-electron chi connectivity index (χ2n) is 2.01. The third kappa shape index (κ3) is 10.7. The van der Waals surface area contributed by atoms with Gasteiger partial charge in [-0.3, -0.25) is 0 Å². The quantitative estimate of drug-likeness (QED) is 0.422. The van der Waals surface area contributed by atoms with Gasteiger partial charge in [0.25, 0.3) is 0 Å². The van der Waals surface area contributed by atoms with Gasteiger partial charge in [-0.1, -0.05) is 12.2 Å². The van der Waals surface area contributed by atoms with Gasteiger partial charge in [-0.15, -0.1) is 9.79 Å². The molecular weight excluding hydrogens is 151 g/mol. The van der Waals surface area contributed by atoms with Crippen LogP contribution in [0.5, 0.6) is 0 Å². The second-order valence-corrected chi connectivity index (χ2v) is 2.51. The monoisotopic (exact) mass is 163 g/mol. The van der Waals surface area contributed by atoms with E-state index in [1.807, 2.05) is 0 Å². The number of rotatable bonds is 0.